The van der Waals surface area contributed by atoms with Gasteiger partial charge in [-0.25, -0.2) is 4.98 Å². The Labute approximate surface area is 216 Å². The molecule has 1 saturated heterocycles. The molecule has 3 heterocycles. The van der Waals surface area contributed by atoms with E-state index in [2.05, 4.69) is 22.0 Å². The Morgan fingerprint density at radius 1 is 1.00 bits per heavy atom. The van der Waals surface area contributed by atoms with Gasteiger partial charge in [-0.3, -0.25) is 19.2 Å². The van der Waals surface area contributed by atoms with Crippen LogP contribution in [0.15, 0.2) is 65.8 Å². The highest BCUT2D eigenvalue weighted by atomic mass is 16.3. The first-order chi connectivity index (χ1) is 18.1. The third-order valence-corrected chi connectivity index (χ3v) is 8.40. The van der Waals surface area contributed by atoms with Gasteiger partial charge < -0.3 is 5.11 Å². The molecule has 2 aromatic carbocycles. The Hall–Kier alpha value is -3.60. The summed E-state index contributed by atoms with van der Waals surface area (Å²) in [5.41, 5.74) is 2.02. The number of benzene rings is 2. The van der Waals surface area contributed by atoms with Gasteiger partial charge in [0.15, 0.2) is 0 Å². The Morgan fingerprint density at radius 2 is 1.76 bits per heavy atom. The summed E-state index contributed by atoms with van der Waals surface area (Å²) in [4.78, 5) is 25.3. The van der Waals surface area contributed by atoms with Crippen LogP contribution < -0.4 is 5.56 Å². The van der Waals surface area contributed by atoms with E-state index in [4.69, 9.17) is 4.98 Å². The number of aliphatic hydroxyl groups is 1. The van der Waals surface area contributed by atoms with Crippen LogP contribution in [0.4, 0.5) is 0 Å². The number of aliphatic hydroxyl groups excluding tert-OH is 1. The lowest BCUT2D eigenvalue weighted by Gasteiger charge is -2.37. The Balaban J connectivity index is 1.35. The van der Waals surface area contributed by atoms with Gasteiger partial charge in [0.25, 0.3) is 5.56 Å². The average molecular weight is 494 g/mol. The first-order valence-corrected chi connectivity index (χ1v) is 13.2. The van der Waals surface area contributed by atoms with Gasteiger partial charge in [-0.15, -0.1) is 0 Å². The van der Waals surface area contributed by atoms with Crippen LogP contribution in [-0.2, 0) is 12.0 Å². The molecule has 2 aromatic heterocycles. The summed E-state index contributed by atoms with van der Waals surface area (Å²) in [6.45, 7) is 2.25. The minimum atomic E-state index is -0.554. The predicted octanol–water partition coefficient (Wildman–Crippen LogP) is 4.48. The molecule has 188 valence electrons. The Bertz CT molecular complexity index is 1530. The van der Waals surface area contributed by atoms with Gasteiger partial charge in [0.05, 0.1) is 41.1 Å². The monoisotopic (exact) mass is 493 g/mol. The summed E-state index contributed by atoms with van der Waals surface area (Å²) in [5, 5.41) is 23.3. The van der Waals surface area contributed by atoms with E-state index >= 15 is 0 Å². The lowest BCUT2D eigenvalue weighted by atomic mass is 9.76. The summed E-state index contributed by atoms with van der Waals surface area (Å²) >= 11 is 0. The van der Waals surface area contributed by atoms with Crippen molar-refractivity contribution in [2.45, 2.75) is 62.6 Å². The van der Waals surface area contributed by atoms with E-state index in [0.717, 1.165) is 73.6 Å². The molecule has 37 heavy (non-hydrogen) atoms. The molecule has 2 aliphatic rings. The molecule has 0 spiro atoms. The second kappa shape index (κ2) is 9.70. The second-order valence-electron chi connectivity index (χ2n) is 10.5. The lowest BCUT2D eigenvalue weighted by Crippen LogP contribution is -2.42. The first kappa shape index (κ1) is 23.8. The molecule has 1 saturated carbocycles. The van der Waals surface area contributed by atoms with Gasteiger partial charge in [-0.2, -0.15) is 5.26 Å². The van der Waals surface area contributed by atoms with Crippen molar-refractivity contribution in [1.29, 1.82) is 5.26 Å². The Kier molecular flexibility index (Phi) is 6.23. The molecule has 0 bridgehead atoms. The van der Waals surface area contributed by atoms with Crippen molar-refractivity contribution in [2.75, 3.05) is 13.1 Å². The maximum Gasteiger partial charge on any atom is 0.261 e. The standard InChI is InChI=1S/C30H31N5O2/c31-19-30(27-11-5-6-14-32-27)12-15-34(16-13-30)18-21-17-24-28(23-8-2-1-7-22(21)23)33-20-35(29(24)37)25-9-3-4-10-26(25)36/h1-2,5-8,11,14,17,20,25-26,36H,3-4,9-10,12-13,15-16,18H2. The predicted molar refractivity (Wildman–Crippen MR) is 143 cm³/mol. The molecule has 6 rings (SSSR count). The van der Waals surface area contributed by atoms with Crippen molar-refractivity contribution in [3.8, 4) is 6.07 Å². The van der Waals surface area contributed by atoms with Gasteiger partial charge in [-0.05, 0) is 54.8 Å². The molecule has 2 fully saturated rings. The van der Waals surface area contributed by atoms with E-state index in [1.165, 1.54) is 0 Å². The van der Waals surface area contributed by atoms with Crippen LogP contribution in [0.1, 0.15) is 55.8 Å². The van der Waals surface area contributed by atoms with Gasteiger partial charge >= 0.3 is 0 Å². The van der Waals surface area contributed by atoms with E-state index in [1.807, 2.05) is 42.5 Å². The molecule has 0 radical (unpaired) electrons. The molecule has 7 heteroatoms. The summed E-state index contributed by atoms with van der Waals surface area (Å²) in [6, 6.07) is 18.3. The van der Waals surface area contributed by atoms with Crippen LogP contribution in [-0.4, -0.2) is 43.7 Å². The van der Waals surface area contributed by atoms with E-state index in [-0.39, 0.29) is 11.6 Å². The maximum absolute atomic E-state index is 13.7. The smallest absolute Gasteiger partial charge is 0.261 e. The lowest BCUT2D eigenvalue weighted by molar-refractivity contribution is 0.0735. The number of nitrogens with zero attached hydrogens (tertiary/aromatic N) is 5. The molecule has 1 aliphatic heterocycles. The van der Waals surface area contributed by atoms with E-state index in [0.29, 0.717) is 17.4 Å². The van der Waals surface area contributed by atoms with Gasteiger partial charge in [0, 0.05) is 31.2 Å². The molecule has 1 N–H and O–H groups in total. The van der Waals surface area contributed by atoms with E-state index in [9.17, 15) is 15.2 Å². The summed E-state index contributed by atoms with van der Waals surface area (Å²) in [6.07, 6.45) is 7.82. The van der Waals surface area contributed by atoms with Crippen LogP contribution in [0.25, 0.3) is 21.7 Å². The molecule has 2 unspecified atom stereocenters. The average Bonchev–Trinajstić information content (AvgIpc) is 2.95. The Morgan fingerprint density at radius 3 is 2.49 bits per heavy atom. The SMILES string of the molecule is N#CC1(c2ccccn2)CCN(Cc2cc3c(=O)n(C4CCCCC4O)cnc3c3ccccc23)CC1. The van der Waals surface area contributed by atoms with E-state index < -0.39 is 11.5 Å². The molecule has 0 amide bonds. The van der Waals surface area contributed by atoms with Gasteiger partial charge in [0.2, 0.25) is 0 Å². The minimum absolute atomic E-state index is 0.0831. The fourth-order valence-electron chi connectivity index (χ4n) is 6.24. The topological polar surface area (TPSA) is 95.0 Å². The van der Waals surface area contributed by atoms with Crippen LogP contribution in [0.3, 0.4) is 0 Å². The molecule has 2 atom stereocenters. The van der Waals surface area contributed by atoms with Crippen LogP contribution >= 0.6 is 0 Å². The fraction of sp³-hybridized carbons (Fsp3) is 0.400. The highest BCUT2D eigenvalue weighted by Gasteiger charge is 2.37. The highest BCUT2D eigenvalue weighted by molar-refractivity contribution is 6.06. The number of fused-ring (bicyclic) bond motifs is 3. The van der Waals surface area contributed by atoms with Gasteiger partial charge in [0.1, 0.15) is 5.41 Å². The van der Waals surface area contributed by atoms with E-state index in [1.54, 1.807) is 17.1 Å². The number of aromatic nitrogens is 3. The molecule has 1 aliphatic carbocycles. The molecular weight excluding hydrogens is 462 g/mol. The zero-order valence-corrected chi connectivity index (χ0v) is 20.9. The molecule has 4 aromatic rings. The van der Waals surface area contributed by atoms with Crippen molar-refractivity contribution < 1.29 is 5.11 Å². The molecule has 7 nitrogen and oxygen atoms in total. The quantitative estimate of drug-likeness (QED) is 0.421. The number of nitriles is 1. The van der Waals surface area contributed by atoms with Crippen molar-refractivity contribution in [3.63, 3.8) is 0 Å². The summed E-state index contributed by atoms with van der Waals surface area (Å²) in [7, 11) is 0. The summed E-state index contributed by atoms with van der Waals surface area (Å²) in [5.74, 6) is 0. The summed E-state index contributed by atoms with van der Waals surface area (Å²) < 4.78 is 1.65. The van der Waals surface area contributed by atoms with Crippen LogP contribution in [0.5, 0.6) is 0 Å². The molecular formula is C30H31N5O2. The van der Waals surface area contributed by atoms with Crippen LogP contribution in [0, 0.1) is 11.3 Å². The fourth-order valence-corrected chi connectivity index (χ4v) is 6.24. The third kappa shape index (κ3) is 4.20. The number of hydrogen-bond acceptors (Lipinski definition) is 6. The number of rotatable bonds is 4. The minimum Gasteiger partial charge on any atom is -0.391 e. The van der Waals surface area contributed by atoms with Crippen molar-refractivity contribution in [1.82, 2.24) is 19.4 Å². The normalized spacial score (nSPS) is 22.2. The number of hydrogen-bond donors (Lipinski definition) is 1. The van der Waals surface area contributed by atoms with Crippen molar-refractivity contribution in [3.05, 3.63) is 82.7 Å². The number of piperidine rings is 1. The van der Waals surface area contributed by atoms with Crippen molar-refractivity contribution >= 4 is 21.7 Å². The van der Waals surface area contributed by atoms with Crippen LogP contribution in [0.2, 0.25) is 0 Å². The first-order valence-electron chi connectivity index (χ1n) is 13.2. The largest absolute Gasteiger partial charge is 0.391 e. The van der Waals surface area contributed by atoms with Gasteiger partial charge in [-0.1, -0.05) is 43.2 Å². The number of pyridine rings is 1. The third-order valence-electron chi connectivity index (χ3n) is 8.40. The zero-order chi connectivity index (χ0) is 25.4. The second-order valence-corrected chi connectivity index (χ2v) is 10.5. The maximum atomic E-state index is 13.7. The highest BCUT2D eigenvalue weighted by Crippen LogP contribution is 2.35. The zero-order valence-electron chi connectivity index (χ0n) is 20.9. The number of likely N-dealkylation sites (tertiary alicyclic amines) is 1. The van der Waals surface area contributed by atoms with Crippen molar-refractivity contribution in [2.24, 2.45) is 0 Å².